The van der Waals surface area contributed by atoms with Crippen LogP contribution in [0, 0.1) is 29.0 Å². The van der Waals surface area contributed by atoms with Crippen molar-refractivity contribution in [1.29, 1.82) is 0 Å². The zero-order valence-corrected chi connectivity index (χ0v) is 21.9. The highest BCUT2D eigenvalue weighted by Gasteiger charge is 2.48. The number of fused-ring (bicyclic) bond motifs is 3. The minimum atomic E-state index is -2.32. The van der Waals surface area contributed by atoms with Gasteiger partial charge in [-0.15, -0.1) is 0 Å². The van der Waals surface area contributed by atoms with Gasteiger partial charge >= 0.3 is 0 Å². The molecule has 2 fully saturated rings. The number of rotatable bonds is 3. The number of benzene rings is 1. The Morgan fingerprint density at radius 3 is 2.50 bits per heavy atom. The quantitative estimate of drug-likeness (QED) is 0.290. The van der Waals surface area contributed by atoms with Crippen molar-refractivity contribution in [3.8, 4) is 11.3 Å². The maximum Gasteiger partial charge on any atom is 0.227 e. The van der Waals surface area contributed by atoms with Gasteiger partial charge in [0.1, 0.15) is 5.58 Å². The van der Waals surface area contributed by atoms with Crippen LogP contribution in [0.3, 0.4) is 0 Å². The molecule has 2 saturated carbocycles. The van der Waals surface area contributed by atoms with Crippen molar-refractivity contribution in [2.75, 3.05) is 0 Å². The Labute approximate surface area is 222 Å². The van der Waals surface area contributed by atoms with Gasteiger partial charge in [0.15, 0.2) is 0 Å². The zero-order chi connectivity index (χ0) is 29.4. The molecule has 2 aliphatic carbocycles. The van der Waals surface area contributed by atoms with Crippen molar-refractivity contribution < 1.29 is 11.3 Å². The molecule has 0 aliphatic heterocycles. The normalized spacial score (nSPS) is 24.2. The van der Waals surface area contributed by atoms with Crippen molar-refractivity contribution in [3.05, 3.63) is 59.9 Å². The summed E-state index contributed by atoms with van der Waals surface area (Å²) in [5.74, 6) is -0.0407. The van der Waals surface area contributed by atoms with Crippen molar-refractivity contribution >= 4 is 22.1 Å². The van der Waals surface area contributed by atoms with E-state index in [1.807, 2.05) is 30.3 Å². The van der Waals surface area contributed by atoms with Crippen molar-refractivity contribution in [1.82, 2.24) is 9.97 Å². The molecule has 2 aliphatic rings. The third-order valence-electron chi connectivity index (χ3n) is 8.48. The minimum Gasteiger partial charge on any atom is -0.437 e. The fourth-order valence-corrected chi connectivity index (χ4v) is 8.03. The summed E-state index contributed by atoms with van der Waals surface area (Å²) in [6, 6.07) is 12.7. The van der Waals surface area contributed by atoms with Crippen molar-refractivity contribution in [2.24, 2.45) is 22.2 Å². The minimum absolute atomic E-state index is 0.00598. The third kappa shape index (κ3) is 4.46. The first-order valence-electron chi connectivity index (χ1n) is 15.9. The van der Waals surface area contributed by atoms with E-state index in [9.17, 15) is 2.74 Å². The number of aryl methyl sites for hydroxylation is 1. The molecular formula is C33H40N2O. The van der Waals surface area contributed by atoms with Gasteiger partial charge in [-0.2, -0.15) is 0 Å². The van der Waals surface area contributed by atoms with E-state index in [4.69, 9.17) is 8.53 Å². The molecular weight excluding hydrogens is 440 g/mol. The van der Waals surface area contributed by atoms with Crippen LogP contribution in [-0.2, 0) is 6.37 Å². The second kappa shape index (κ2) is 8.43. The highest BCUT2D eigenvalue weighted by Crippen LogP contribution is 2.59. The van der Waals surface area contributed by atoms with Crippen LogP contribution in [0.1, 0.15) is 90.8 Å². The van der Waals surface area contributed by atoms with Gasteiger partial charge in [0.25, 0.3) is 0 Å². The first-order chi connectivity index (χ1) is 19.1. The molecule has 1 aromatic carbocycles. The maximum absolute atomic E-state index is 9.26. The lowest BCUT2D eigenvalue weighted by atomic mass is 9.51. The molecule has 1 spiro atoms. The monoisotopic (exact) mass is 485 g/mol. The number of hydrogen-bond donors (Lipinski definition) is 0. The summed E-state index contributed by atoms with van der Waals surface area (Å²) in [6.45, 7) is 7.31. The first kappa shape index (κ1) is 18.5. The molecule has 0 N–H and O–H groups in total. The van der Waals surface area contributed by atoms with E-state index in [0.717, 1.165) is 42.0 Å². The van der Waals surface area contributed by atoms with E-state index in [0.29, 0.717) is 33.1 Å². The summed E-state index contributed by atoms with van der Waals surface area (Å²) in [6.07, 6.45) is 7.91. The van der Waals surface area contributed by atoms with Gasteiger partial charge in [-0.25, -0.2) is 4.98 Å². The van der Waals surface area contributed by atoms with Crippen LogP contribution in [0.2, 0.25) is 0 Å². The van der Waals surface area contributed by atoms with Gasteiger partial charge in [0, 0.05) is 35.1 Å². The Bertz CT molecular complexity index is 1590. The van der Waals surface area contributed by atoms with Gasteiger partial charge in [0.2, 0.25) is 5.71 Å². The lowest BCUT2D eigenvalue weighted by molar-refractivity contribution is -0.0334. The smallest absolute Gasteiger partial charge is 0.227 e. The summed E-state index contributed by atoms with van der Waals surface area (Å²) < 4.78 is 47.7. The summed E-state index contributed by atoms with van der Waals surface area (Å²) in [5, 5.41) is 1.57. The molecule has 3 aromatic heterocycles. The number of para-hydroxylation sites is 1. The standard InChI is InChI=1S/C33H40N2O/c1-22-9-10-26-25-7-6-8-27(29(25)36-30(26)35-22)28-18-24(13-16-34-28)17-23-11-14-33(15-12-23)20-31(2,3)19-32(4,5)21-33/h6-10,13,16,18,23H,11-12,14-15,17,19-21H2,1-5H3/i1D3,17D2. The van der Waals surface area contributed by atoms with Gasteiger partial charge in [-0.1, -0.05) is 39.8 Å². The van der Waals surface area contributed by atoms with Crippen LogP contribution in [0.15, 0.2) is 53.1 Å². The summed E-state index contributed by atoms with van der Waals surface area (Å²) in [4.78, 5) is 8.89. The van der Waals surface area contributed by atoms with Gasteiger partial charge in [0.05, 0.1) is 5.69 Å². The fourth-order valence-electron chi connectivity index (χ4n) is 8.03. The predicted octanol–water partition coefficient (Wildman–Crippen LogP) is 9.31. The van der Waals surface area contributed by atoms with Crippen LogP contribution in [-0.4, -0.2) is 9.97 Å². The Balaban J connectivity index is 1.29. The van der Waals surface area contributed by atoms with E-state index in [1.54, 1.807) is 12.3 Å². The van der Waals surface area contributed by atoms with Gasteiger partial charge < -0.3 is 4.42 Å². The first-order valence-corrected chi connectivity index (χ1v) is 13.4. The zero-order valence-electron chi connectivity index (χ0n) is 26.9. The second-order valence-electron chi connectivity index (χ2n) is 13.0. The predicted molar refractivity (Wildman–Crippen MR) is 149 cm³/mol. The molecule has 0 radical (unpaired) electrons. The molecule has 0 unspecified atom stereocenters. The molecule has 6 rings (SSSR count). The molecule has 0 atom stereocenters. The Hall–Kier alpha value is -2.68. The van der Waals surface area contributed by atoms with Crippen molar-refractivity contribution in [2.45, 2.75) is 85.9 Å². The molecule has 0 amide bonds. The lowest BCUT2D eigenvalue weighted by Crippen LogP contribution is -2.43. The van der Waals surface area contributed by atoms with Gasteiger partial charge in [-0.3, -0.25) is 4.98 Å². The molecule has 0 saturated heterocycles. The van der Waals surface area contributed by atoms with Crippen LogP contribution < -0.4 is 0 Å². The number of hydrogen-bond acceptors (Lipinski definition) is 3. The maximum atomic E-state index is 9.26. The van der Waals surface area contributed by atoms with E-state index in [-0.39, 0.29) is 17.3 Å². The highest BCUT2D eigenvalue weighted by atomic mass is 16.3. The topological polar surface area (TPSA) is 38.9 Å². The number of aromatic nitrogens is 2. The molecule has 3 heteroatoms. The fraction of sp³-hybridized carbons (Fsp3) is 0.515. The van der Waals surface area contributed by atoms with Crippen LogP contribution >= 0.6 is 0 Å². The largest absolute Gasteiger partial charge is 0.437 e. The molecule has 0 bridgehead atoms. The Morgan fingerprint density at radius 1 is 0.972 bits per heavy atom. The van der Waals surface area contributed by atoms with Crippen molar-refractivity contribution in [3.63, 3.8) is 0 Å². The molecule has 188 valence electrons. The van der Waals surface area contributed by atoms with E-state index in [2.05, 4.69) is 37.7 Å². The number of nitrogens with zero attached hydrogens (tertiary/aromatic N) is 2. The Kier molecular flexibility index (Phi) is 4.34. The number of pyridine rings is 2. The van der Waals surface area contributed by atoms with Crippen LogP contribution in [0.25, 0.3) is 33.3 Å². The van der Waals surface area contributed by atoms with Crippen LogP contribution in [0.5, 0.6) is 0 Å². The third-order valence-corrected chi connectivity index (χ3v) is 8.48. The number of furan rings is 1. The van der Waals surface area contributed by atoms with E-state index in [1.165, 1.54) is 25.3 Å². The molecule has 4 aromatic rings. The lowest BCUT2D eigenvalue weighted by Gasteiger charge is -2.54. The van der Waals surface area contributed by atoms with E-state index < -0.39 is 13.2 Å². The average Bonchev–Trinajstić information content (AvgIpc) is 3.24. The molecule has 3 heterocycles. The summed E-state index contributed by atoms with van der Waals surface area (Å²) >= 11 is 0. The molecule has 3 nitrogen and oxygen atoms in total. The van der Waals surface area contributed by atoms with Gasteiger partial charge in [-0.05, 0) is 116 Å². The Morgan fingerprint density at radius 2 is 1.75 bits per heavy atom. The SMILES string of the molecule is [2H]C([2H])([2H])c1ccc2c(n1)oc1c(-c3cc(C([2H])([2H])C4CCC5(CC4)CC(C)(C)CC(C)(C)C5)ccn3)cccc12. The summed E-state index contributed by atoms with van der Waals surface area (Å²) in [7, 11) is 0. The average molecular weight is 486 g/mol. The van der Waals surface area contributed by atoms with Crippen LogP contribution in [0.4, 0.5) is 0 Å². The van der Waals surface area contributed by atoms with E-state index >= 15 is 0 Å². The summed E-state index contributed by atoms with van der Waals surface area (Å²) in [5.41, 5.74) is 3.84. The molecule has 36 heavy (non-hydrogen) atoms. The highest BCUT2D eigenvalue weighted by molar-refractivity contribution is 6.08. The second-order valence-corrected chi connectivity index (χ2v) is 13.0.